The van der Waals surface area contributed by atoms with E-state index in [1.165, 1.54) is 37.1 Å². The Morgan fingerprint density at radius 1 is 1.16 bits per heavy atom. The topological polar surface area (TPSA) is 97.8 Å². The number of halogens is 1. The fraction of sp³-hybridized carbons (Fsp3) is 0.217. The third kappa shape index (κ3) is 6.39. The Balaban J connectivity index is 1.80. The van der Waals surface area contributed by atoms with Gasteiger partial charge in [0.2, 0.25) is 7.37 Å². The van der Waals surface area contributed by atoms with E-state index in [9.17, 15) is 18.6 Å². The molecular weight excluding hydrogens is 434 g/mol. The first-order chi connectivity index (χ1) is 15.1. The normalized spacial score (nSPS) is 12.8. The maximum Gasteiger partial charge on any atom is 0.257 e. The van der Waals surface area contributed by atoms with Crippen LogP contribution in [0, 0.1) is 5.82 Å². The average molecular weight is 458 g/mol. The first-order valence-corrected chi connectivity index (χ1v) is 12.0. The van der Waals surface area contributed by atoms with Crippen molar-refractivity contribution in [1.82, 2.24) is 4.98 Å². The van der Waals surface area contributed by atoms with Crippen LogP contribution in [-0.4, -0.2) is 28.6 Å². The van der Waals surface area contributed by atoms with E-state index in [2.05, 4.69) is 10.3 Å². The molecule has 0 aliphatic heterocycles. The Morgan fingerprint density at radius 2 is 1.88 bits per heavy atom. The highest BCUT2D eigenvalue weighted by Gasteiger charge is 2.16. The molecule has 0 fully saturated rings. The van der Waals surface area contributed by atoms with Crippen LogP contribution in [0.4, 0.5) is 10.2 Å². The molecule has 1 atom stereocenters. The summed E-state index contributed by atoms with van der Waals surface area (Å²) in [5.74, 6) is 0.128. The van der Waals surface area contributed by atoms with Crippen LogP contribution in [0.1, 0.15) is 29.8 Å². The van der Waals surface area contributed by atoms with Gasteiger partial charge in [-0.2, -0.15) is 0 Å². The Hall–Kier alpha value is -3.22. The fourth-order valence-corrected chi connectivity index (χ4v) is 3.42. The number of ether oxygens (including phenoxy) is 2. The SMILES string of the molecule is CC(C)Oc1cc(OCc2ccccc2F)cc(C(=O)Nc2ccc(P(C)(=O)O)cn2)c1. The fourth-order valence-electron chi connectivity index (χ4n) is 2.80. The lowest BCUT2D eigenvalue weighted by molar-refractivity contribution is 0.102. The molecule has 0 aliphatic carbocycles. The summed E-state index contributed by atoms with van der Waals surface area (Å²) in [4.78, 5) is 26.4. The zero-order chi connectivity index (χ0) is 23.3. The number of hydrogen-bond donors (Lipinski definition) is 2. The Bertz CT molecular complexity index is 1150. The third-order valence-corrected chi connectivity index (χ3v) is 5.56. The highest BCUT2D eigenvalue weighted by Crippen LogP contribution is 2.33. The van der Waals surface area contributed by atoms with E-state index >= 15 is 0 Å². The van der Waals surface area contributed by atoms with Crippen molar-refractivity contribution in [3.63, 3.8) is 0 Å². The number of benzene rings is 2. The summed E-state index contributed by atoms with van der Waals surface area (Å²) in [5, 5.41) is 2.82. The van der Waals surface area contributed by atoms with Gasteiger partial charge in [0.05, 0.1) is 11.4 Å². The van der Waals surface area contributed by atoms with Crippen molar-refractivity contribution in [2.45, 2.75) is 26.6 Å². The predicted molar refractivity (Wildman–Crippen MR) is 121 cm³/mol. The maximum absolute atomic E-state index is 13.9. The van der Waals surface area contributed by atoms with E-state index in [1.54, 1.807) is 30.3 Å². The van der Waals surface area contributed by atoms with Crippen molar-refractivity contribution in [1.29, 1.82) is 0 Å². The van der Waals surface area contributed by atoms with Gasteiger partial charge in [0, 0.05) is 30.1 Å². The molecule has 0 saturated heterocycles. The zero-order valence-electron chi connectivity index (χ0n) is 17.9. The number of rotatable bonds is 8. The molecule has 0 spiro atoms. The number of nitrogens with zero attached hydrogens (tertiary/aromatic N) is 1. The van der Waals surface area contributed by atoms with Crippen molar-refractivity contribution in [2.75, 3.05) is 12.0 Å². The number of aromatic nitrogens is 1. The van der Waals surface area contributed by atoms with Crippen LogP contribution >= 0.6 is 7.37 Å². The molecule has 1 unspecified atom stereocenters. The molecule has 1 heterocycles. The number of amides is 1. The standard InChI is InChI=1S/C23H24FN2O5P/c1-15(2)31-19-11-17(10-18(12-19)30-14-16-6-4-5-7-21(16)24)23(27)26-22-9-8-20(13-25-22)32(3,28)29/h4-13,15H,14H2,1-3H3,(H,28,29)(H,25,26,27). The van der Waals surface area contributed by atoms with E-state index in [4.69, 9.17) is 9.47 Å². The summed E-state index contributed by atoms with van der Waals surface area (Å²) in [5.41, 5.74) is 0.635. The van der Waals surface area contributed by atoms with Crippen LogP contribution in [0.25, 0.3) is 0 Å². The lowest BCUT2D eigenvalue weighted by Crippen LogP contribution is -2.15. The van der Waals surface area contributed by atoms with Gasteiger partial charge in [-0.15, -0.1) is 0 Å². The van der Waals surface area contributed by atoms with Crippen LogP contribution < -0.4 is 20.1 Å². The van der Waals surface area contributed by atoms with Gasteiger partial charge >= 0.3 is 0 Å². The summed E-state index contributed by atoms with van der Waals surface area (Å²) in [6.45, 7) is 4.91. The molecule has 168 valence electrons. The van der Waals surface area contributed by atoms with Gasteiger partial charge in [-0.25, -0.2) is 9.37 Å². The lowest BCUT2D eigenvalue weighted by atomic mass is 10.1. The van der Waals surface area contributed by atoms with Gasteiger partial charge in [-0.3, -0.25) is 9.36 Å². The van der Waals surface area contributed by atoms with Crippen molar-refractivity contribution in [3.05, 3.63) is 77.7 Å². The average Bonchev–Trinajstić information content (AvgIpc) is 2.72. The number of hydrogen-bond acceptors (Lipinski definition) is 5. The summed E-state index contributed by atoms with van der Waals surface area (Å²) in [6, 6.07) is 13.9. The number of anilines is 1. The van der Waals surface area contributed by atoms with Crippen molar-refractivity contribution in [2.24, 2.45) is 0 Å². The number of nitrogens with one attached hydrogen (secondary N) is 1. The van der Waals surface area contributed by atoms with Crippen LogP contribution in [0.3, 0.4) is 0 Å². The number of carbonyl (C=O) groups is 1. The van der Waals surface area contributed by atoms with Crippen molar-refractivity contribution in [3.8, 4) is 11.5 Å². The van der Waals surface area contributed by atoms with E-state index in [-0.39, 0.29) is 35.2 Å². The summed E-state index contributed by atoms with van der Waals surface area (Å²) in [6.07, 6.45) is 1.11. The van der Waals surface area contributed by atoms with Gasteiger partial charge in [0.25, 0.3) is 5.91 Å². The van der Waals surface area contributed by atoms with E-state index in [0.29, 0.717) is 17.1 Å². The van der Waals surface area contributed by atoms with Crippen molar-refractivity contribution < 1.29 is 28.1 Å². The first-order valence-electron chi connectivity index (χ1n) is 9.88. The second-order valence-electron chi connectivity index (χ2n) is 7.47. The first kappa shape index (κ1) is 23.4. The molecule has 0 radical (unpaired) electrons. The molecule has 9 heteroatoms. The van der Waals surface area contributed by atoms with Gasteiger partial charge in [-0.1, -0.05) is 18.2 Å². The van der Waals surface area contributed by atoms with E-state index < -0.39 is 13.3 Å². The van der Waals surface area contributed by atoms with E-state index in [1.807, 2.05) is 13.8 Å². The summed E-state index contributed by atoms with van der Waals surface area (Å²) in [7, 11) is -3.43. The molecule has 3 aromatic rings. The minimum absolute atomic E-state index is 0.0138. The maximum atomic E-state index is 13.9. The molecule has 3 rings (SSSR count). The number of pyridine rings is 1. The molecule has 2 N–H and O–H groups in total. The molecule has 0 saturated carbocycles. The highest BCUT2D eigenvalue weighted by atomic mass is 31.2. The van der Waals surface area contributed by atoms with E-state index in [0.717, 1.165) is 0 Å². The Kier molecular flexibility index (Phi) is 7.28. The molecular formula is C23H24FN2O5P. The molecule has 1 amide bonds. The molecule has 1 aromatic heterocycles. The smallest absolute Gasteiger partial charge is 0.257 e. The number of carbonyl (C=O) groups excluding carboxylic acids is 1. The van der Waals surface area contributed by atoms with Gasteiger partial charge in [0.15, 0.2) is 0 Å². The molecule has 0 aliphatic rings. The van der Waals surface area contributed by atoms with Crippen LogP contribution in [0.2, 0.25) is 0 Å². The summed E-state index contributed by atoms with van der Waals surface area (Å²) < 4.78 is 37.0. The van der Waals surface area contributed by atoms with Crippen LogP contribution in [0.15, 0.2) is 60.8 Å². The molecule has 2 aromatic carbocycles. The van der Waals surface area contributed by atoms with Crippen LogP contribution in [0.5, 0.6) is 11.5 Å². The minimum Gasteiger partial charge on any atom is -0.491 e. The van der Waals surface area contributed by atoms with Crippen molar-refractivity contribution >= 4 is 24.4 Å². The second-order valence-corrected chi connectivity index (χ2v) is 9.75. The Labute approximate surface area is 185 Å². The molecule has 32 heavy (non-hydrogen) atoms. The minimum atomic E-state index is -3.43. The predicted octanol–water partition coefficient (Wildman–Crippen LogP) is 4.36. The van der Waals surface area contributed by atoms with Crippen LogP contribution in [-0.2, 0) is 11.2 Å². The summed E-state index contributed by atoms with van der Waals surface area (Å²) >= 11 is 0. The largest absolute Gasteiger partial charge is 0.491 e. The lowest BCUT2D eigenvalue weighted by Gasteiger charge is -2.14. The third-order valence-electron chi connectivity index (χ3n) is 4.33. The zero-order valence-corrected chi connectivity index (χ0v) is 18.8. The highest BCUT2D eigenvalue weighted by molar-refractivity contribution is 7.65. The van der Waals surface area contributed by atoms with Gasteiger partial charge in [-0.05, 0) is 44.2 Å². The monoisotopic (exact) mass is 458 g/mol. The quantitative estimate of drug-likeness (QED) is 0.487. The molecule has 7 nitrogen and oxygen atoms in total. The molecule has 0 bridgehead atoms. The van der Waals surface area contributed by atoms with Gasteiger partial charge in [0.1, 0.15) is 29.7 Å². The van der Waals surface area contributed by atoms with Gasteiger partial charge < -0.3 is 19.7 Å². The Morgan fingerprint density at radius 3 is 2.50 bits per heavy atom. The second kappa shape index (κ2) is 9.94.